The van der Waals surface area contributed by atoms with Crippen LogP contribution in [0.1, 0.15) is 32.3 Å². The first-order chi connectivity index (χ1) is 7.60. The van der Waals surface area contributed by atoms with Gasteiger partial charge in [0.1, 0.15) is 0 Å². The molecule has 0 atom stereocenters. The molecule has 0 bridgehead atoms. The molecular formula is C13H19BrN2. The Morgan fingerprint density at radius 3 is 2.75 bits per heavy atom. The lowest BCUT2D eigenvalue weighted by atomic mass is 9.97. The highest BCUT2D eigenvalue weighted by molar-refractivity contribution is 9.10. The molecule has 0 saturated heterocycles. The highest BCUT2D eigenvalue weighted by atomic mass is 79.9. The number of halogens is 1. The van der Waals surface area contributed by atoms with Gasteiger partial charge in [0.25, 0.3) is 0 Å². The summed E-state index contributed by atoms with van der Waals surface area (Å²) >= 11 is 3.47. The SMILES string of the molecule is CC(C)NCC1(Cc2cncc(Br)c2)CC1. The predicted octanol–water partition coefficient (Wildman–Crippen LogP) is 3.16. The molecule has 0 radical (unpaired) electrons. The summed E-state index contributed by atoms with van der Waals surface area (Å²) < 4.78 is 1.08. The Kier molecular flexibility index (Phi) is 3.65. The van der Waals surface area contributed by atoms with Crippen LogP contribution in [-0.2, 0) is 6.42 Å². The highest BCUT2D eigenvalue weighted by Crippen LogP contribution is 2.47. The number of aromatic nitrogens is 1. The third-order valence-electron chi connectivity index (χ3n) is 3.18. The number of nitrogens with zero attached hydrogens (tertiary/aromatic N) is 1. The zero-order valence-electron chi connectivity index (χ0n) is 9.96. The molecule has 16 heavy (non-hydrogen) atoms. The normalized spacial score (nSPS) is 17.8. The Bertz CT molecular complexity index is 359. The maximum absolute atomic E-state index is 4.22. The fraction of sp³-hybridized carbons (Fsp3) is 0.615. The van der Waals surface area contributed by atoms with Crippen LogP contribution in [0, 0.1) is 5.41 Å². The smallest absolute Gasteiger partial charge is 0.0410 e. The molecule has 1 N–H and O–H groups in total. The van der Waals surface area contributed by atoms with E-state index in [9.17, 15) is 0 Å². The minimum absolute atomic E-state index is 0.507. The minimum atomic E-state index is 0.507. The second-order valence-electron chi connectivity index (χ2n) is 5.22. The largest absolute Gasteiger partial charge is 0.314 e. The lowest BCUT2D eigenvalue weighted by Gasteiger charge is -2.18. The Labute approximate surface area is 106 Å². The molecule has 1 heterocycles. The molecule has 1 aromatic rings. The summed E-state index contributed by atoms with van der Waals surface area (Å²) in [6.45, 7) is 5.55. The first-order valence-electron chi connectivity index (χ1n) is 5.92. The topological polar surface area (TPSA) is 24.9 Å². The van der Waals surface area contributed by atoms with Gasteiger partial charge in [0.15, 0.2) is 0 Å². The van der Waals surface area contributed by atoms with Crippen LogP contribution in [0.5, 0.6) is 0 Å². The molecule has 1 aliphatic rings. The fourth-order valence-corrected chi connectivity index (χ4v) is 2.41. The van der Waals surface area contributed by atoms with E-state index < -0.39 is 0 Å². The monoisotopic (exact) mass is 282 g/mol. The van der Waals surface area contributed by atoms with E-state index >= 15 is 0 Å². The van der Waals surface area contributed by atoms with Crippen molar-refractivity contribution in [3.8, 4) is 0 Å². The number of pyridine rings is 1. The molecule has 0 aromatic carbocycles. The summed E-state index contributed by atoms with van der Waals surface area (Å²) in [6.07, 6.45) is 7.67. The van der Waals surface area contributed by atoms with E-state index in [0.29, 0.717) is 11.5 Å². The average molecular weight is 283 g/mol. The van der Waals surface area contributed by atoms with Crippen LogP contribution in [0.3, 0.4) is 0 Å². The average Bonchev–Trinajstić information content (AvgIpc) is 2.96. The second kappa shape index (κ2) is 4.84. The summed E-state index contributed by atoms with van der Waals surface area (Å²) in [7, 11) is 0. The van der Waals surface area contributed by atoms with E-state index in [1.54, 1.807) is 0 Å². The molecule has 0 unspecified atom stereocenters. The summed E-state index contributed by atoms with van der Waals surface area (Å²) in [5.41, 5.74) is 1.85. The molecule has 88 valence electrons. The lowest BCUT2D eigenvalue weighted by molar-refractivity contribution is 0.429. The second-order valence-corrected chi connectivity index (χ2v) is 6.14. The third-order valence-corrected chi connectivity index (χ3v) is 3.62. The first kappa shape index (κ1) is 12.1. The summed E-state index contributed by atoms with van der Waals surface area (Å²) in [5.74, 6) is 0. The number of hydrogen-bond donors (Lipinski definition) is 1. The molecule has 2 nitrogen and oxygen atoms in total. The van der Waals surface area contributed by atoms with Gasteiger partial charge in [-0.2, -0.15) is 0 Å². The Morgan fingerprint density at radius 1 is 1.44 bits per heavy atom. The van der Waals surface area contributed by atoms with Gasteiger partial charge in [-0.3, -0.25) is 4.98 Å². The van der Waals surface area contributed by atoms with Crippen LogP contribution in [0.15, 0.2) is 22.9 Å². The van der Waals surface area contributed by atoms with E-state index in [1.165, 1.54) is 18.4 Å². The highest BCUT2D eigenvalue weighted by Gasteiger charge is 2.42. The quantitative estimate of drug-likeness (QED) is 0.897. The van der Waals surface area contributed by atoms with Crippen LogP contribution >= 0.6 is 15.9 Å². The summed E-state index contributed by atoms with van der Waals surface area (Å²) in [6, 6.07) is 2.76. The zero-order chi connectivity index (χ0) is 11.6. The maximum Gasteiger partial charge on any atom is 0.0410 e. The molecular weight excluding hydrogens is 264 g/mol. The summed E-state index contributed by atoms with van der Waals surface area (Å²) in [5, 5.41) is 3.55. The van der Waals surface area contributed by atoms with Crippen molar-refractivity contribution in [2.24, 2.45) is 5.41 Å². The third kappa shape index (κ3) is 3.29. The van der Waals surface area contributed by atoms with Crippen molar-refractivity contribution in [2.45, 2.75) is 39.2 Å². The molecule has 1 fully saturated rings. The first-order valence-corrected chi connectivity index (χ1v) is 6.72. The van der Waals surface area contributed by atoms with Gasteiger partial charge in [-0.05, 0) is 52.2 Å². The molecule has 0 aliphatic heterocycles. The number of nitrogens with one attached hydrogen (secondary N) is 1. The van der Waals surface area contributed by atoms with Crippen LogP contribution in [0.4, 0.5) is 0 Å². The van der Waals surface area contributed by atoms with Crippen LogP contribution in [-0.4, -0.2) is 17.6 Å². The van der Waals surface area contributed by atoms with Crippen molar-refractivity contribution in [3.05, 3.63) is 28.5 Å². The van der Waals surface area contributed by atoms with Gasteiger partial charge in [-0.15, -0.1) is 0 Å². The van der Waals surface area contributed by atoms with Gasteiger partial charge in [0.05, 0.1) is 0 Å². The molecule has 0 spiro atoms. The lowest BCUT2D eigenvalue weighted by Crippen LogP contribution is -2.31. The van der Waals surface area contributed by atoms with E-state index in [1.807, 2.05) is 12.4 Å². The Hall–Kier alpha value is -0.410. The summed E-state index contributed by atoms with van der Waals surface area (Å²) in [4.78, 5) is 4.22. The van der Waals surface area contributed by atoms with Gasteiger partial charge >= 0.3 is 0 Å². The van der Waals surface area contributed by atoms with E-state index in [2.05, 4.69) is 46.1 Å². The van der Waals surface area contributed by atoms with Gasteiger partial charge in [-0.1, -0.05) is 13.8 Å². The van der Waals surface area contributed by atoms with E-state index in [-0.39, 0.29) is 0 Å². The number of rotatable bonds is 5. The maximum atomic E-state index is 4.22. The van der Waals surface area contributed by atoms with Gasteiger partial charge < -0.3 is 5.32 Å². The van der Waals surface area contributed by atoms with E-state index in [0.717, 1.165) is 17.4 Å². The van der Waals surface area contributed by atoms with Crippen molar-refractivity contribution < 1.29 is 0 Å². The zero-order valence-corrected chi connectivity index (χ0v) is 11.5. The van der Waals surface area contributed by atoms with Crippen molar-refractivity contribution in [2.75, 3.05) is 6.54 Å². The van der Waals surface area contributed by atoms with Crippen LogP contribution in [0.25, 0.3) is 0 Å². The fourth-order valence-electron chi connectivity index (χ4n) is 2.00. The van der Waals surface area contributed by atoms with Gasteiger partial charge in [0, 0.05) is 29.5 Å². The molecule has 3 heteroatoms. The van der Waals surface area contributed by atoms with Crippen LogP contribution < -0.4 is 5.32 Å². The van der Waals surface area contributed by atoms with Crippen molar-refractivity contribution in [3.63, 3.8) is 0 Å². The van der Waals surface area contributed by atoms with Gasteiger partial charge in [-0.25, -0.2) is 0 Å². The predicted molar refractivity (Wildman–Crippen MR) is 70.4 cm³/mol. The molecule has 1 aromatic heterocycles. The van der Waals surface area contributed by atoms with Crippen molar-refractivity contribution in [1.82, 2.24) is 10.3 Å². The Morgan fingerprint density at radius 2 is 2.19 bits per heavy atom. The standard InChI is InChI=1S/C13H19BrN2/c1-10(2)16-9-13(3-4-13)6-11-5-12(14)8-15-7-11/h5,7-8,10,16H,3-4,6,9H2,1-2H3. The molecule has 1 aliphatic carbocycles. The number of hydrogen-bond acceptors (Lipinski definition) is 2. The molecule has 0 amide bonds. The van der Waals surface area contributed by atoms with Gasteiger partial charge in [0.2, 0.25) is 0 Å². The molecule has 2 rings (SSSR count). The minimum Gasteiger partial charge on any atom is -0.314 e. The van der Waals surface area contributed by atoms with Crippen LogP contribution in [0.2, 0.25) is 0 Å². The Balaban J connectivity index is 1.94. The van der Waals surface area contributed by atoms with E-state index in [4.69, 9.17) is 0 Å². The van der Waals surface area contributed by atoms with Crippen molar-refractivity contribution in [1.29, 1.82) is 0 Å². The van der Waals surface area contributed by atoms with Crippen molar-refractivity contribution >= 4 is 15.9 Å². The molecule has 1 saturated carbocycles.